The van der Waals surface area contributed by atoms with Gasteiger partial charge in [-0.1, -0.05) is 6.92 Å². The first-order valence-corrected chi connectivity index (χ1v) is 6.45. The Morgan fingerprint density at radius 2 is 2.24 bits per heavy atom. The molecule has 2 nitrogen and oxygen atoms in total. The summed E-state index contributed by atoms with van der Waals surface area (Å²) in [5.41, 5.74) is 3.38. The maximum absolute atomic E-state index is 12.3. The summed E-state index contributed by atoms with van der Waals surface area (Å²) >= 11 is 5.74. The topological polar surface area (TPSA) is 22.0 Å². The van der Waals surface area contributed by atoms with Crippen molar-refractivity contribution in [2.24, 2.45) is 5.92 Å². The molecule has 96 valence electrons. The number of rotatable bonds is 2. The van der Waals surface area contributed by atoms with Gasteiger partial charge in [-0.15, -0.1) is 24.0 Å². The lowest BCUT2D eigenvalue weighted by Crippen LogP contribution is -2.33. The van der Waals surface area contributed by atoms with Crippen molar-refractivity contribution < 1.29 is 0 Å². The molecule has 1 aliphatic rings. The largest absolute Gasteiger partial charge is 0.312 e. The number of hydrogen-bond donors (Lipinski definition) is 0. The van der Waals surface area contributed by atoms with Gasteiger partial charge in [-0.3, -0.25) is 4.79 Å². The van der Waals surface area contributed by atoms with E-state index in [1.54, 1.807) is 0 Å². The van der Waals surface area contributed by atoms with Gasteiger partial charge in [0.05, 0.1) is 0 Å². The number of aromatic nitrogens is 1. The Kier molecular flexibility index (Phi) is 5.08. The molecule has 0 N–H and O–H groups in total. The number of alkyl halides is 1. The molecule has 2 rings (SSSR count). The fraction of sp³-hybridized carbons (Fsp3) is 0.615. The van der Waals surface area contributed by atoms with Gasteiger partial charge >= 0.3 is 0 Å². The molecule has 0 radical (unpaired) electrons. The Labute approximate surface area is 113 Å². The van der Waals surface area contributed by atoms with Crippen LogP contribution in [0.15, 0.2) is 10.9 Å². The summed E-state index contributed by atoms with van der Waals surface area (Å²) in [7, 11) is 0. The monoisotopic (exact) mass is 275 g/mol. The van der Waals surface area contributed by atoms with Crippen LogP contribution in [0, 0.1) is 12.8 Å². The quantitative estimate of drug-likeness (QED) is 0.761. The molecule has 17 heavy (non-hydrogen) atoms. The predicted octanol–water partition coefficient (Wildman–Crippen LogP) is 2.94. The van der Waals surface area contributed by atoms with Gasteiger partial charge in [-0.25, -0.2) is 0 Å². The normalized spacial score (nSPS) is 18.4. The molecule has 0 saturated carbocycles. The second-order valence-electron chi connectivity index (χ2n) is 4.80. The Morgan fingerprint density at radius 1 is 1.53 bits per heavy atom. The van der Waals surface area contributed by atoms with Crippen molar-refractivity contribution in [1.82, 2.24) is 4.57 Å². The van der Waals surface area contributed by atoms with Gasteiger partial charge in [0.1, 0.15) is 0 Å². The molecule has 0 amide bonds. The molecular weight excluding hydrogens is 257 g/mol. The molecule has 2 heterocycles. The van der Waals surface area contributed by atoms with Crippen LogP contribution in [0.4, 0.5) is 0 Å². The van der Waals surface area contributed by atoms with E-state index in [4.69, 9.17) is 11.6 Å². The Bertz CT molecular complexity index is 453. The lowest BCUT2D eigenvalue weighted by molar-refractivity contribution is 0.387. The van der Waals surface area contributed by atoms with Gasteiger partial charge in [0.25, 0.3) is 5.56 Å². The standard InChI is InChI=1S/C13H18ClNO.ClH/c1-9-3-4-11-7-10(2)12(5-6-14)13(16)15(11)8-9;/h7,9H,3-6,8H2,1-2H3;1H. The van der Waals surface area contributed by atoms with Gasteiger partial charge < -0.3 is 4.57 Å². The van der Waals surface area contributed by atoms with Crippen LogP contribution in [0.3, 0.4) is 0 Å². The number of pyridine rings is 1. The van der Waals surface area contributed by atoms with Gasteiger partial charge in [-0.2, -0.15) is 0 Å². The third kappa shape index (κ3) is 2.86. The summed E-state index contributed by atoms with van der Waals surface area (Å²) < 4.78 is 1.95. The third-order valence-corrected chi connectivity index (χ3v) is 3.63. The molecule has 4 heteroatoms. The van der Waals surface area contributed by atoms with E-state index in [1.165, 1.54) is 12.1 Å². The SMILES string of the molecule is Cc1cc2n(c(=O)c1CCCl)CC(C)CC2.Cl. The van der Waals surface area contributed by atoms with Crippen LogP contribution in [0.25, 0.3) is 0 Å². The number of fused-ring (bicyclic) bond motifs is 1. The van der Waals surface area contributed by atoms with Crippen molar-refractivity contribution in [1.29, 1.82) is 0 Å². The summed E-state index contributed by atoms with van der Waals surface area (Å²) in [6.07, 6.45) is 2.90. The fourth-order valence-corrected chi connectivity index (χ4v) is 2.67. The van der Waals surface area contributed by atoms with Crippen LogP contribution in [0.1, 0.15) is 30.2 Å². The third-order valence-electron chi connectivity index (χ3n) is 3.44. The summed E-state index contributed by atoms with van der Waals surface area (Å²) in [6, 6.07) is 2.16. The summed E-state index contributed by atoms with van der Waals surface area (Å²) in [6.45, 7) is 5.09. The van der Waals surface area contributed by atoms with E-state index in [2.05, 4.69) is 13.0 Å². The highest BCUT2D eigenvalue weighted by molar-refractivity contribution is 6.18. The molecule has 0 spiro atoms. The minimum Gasteiger partial charge on any atom is -0.312 e. The van der Waals surface area contributed by atoms with Crippen molar-refractivity contribution in [3.8, 4) is 0 Å². The minimum atomic E-state index is 0. The first kappa shape index (κ1) is 14.6. The Balaban J connectivity index is 0.00000144. The highest BCUT2D eigenvalue weighted by Gasteiger charge is 2.18. The molecule has 0 aliphatic carbocycles. The Morgan fingerprint density at radius 3 is 2.88 bits per heavy atom. The average molecular weight is 276 g/mol. The smallest absolute Gasteiger partial charge is 0.254 e. The lowest BCUT2D eigenvalue weighted by Gasteiger charge is -2.25. The minimum absolute atomic E-state index is 0. The first-order valence-electron chi connectivity index (χ1n) is 5.91. The summed E-state index contributed by atoms with van der Waals surface area (Å²) in [5, 5.41) is 0. The van der Waals surface area contributed by atoms with Crippen molar-refractivity contribution >= 4 is 24.0 Å². The molecule has 1 aliphatic heterocycles. The van der Waals surface area contributed by atoms with Gasteiger partial charge in [0, 0.05) is 23.7 Å². The molecule has 0 saturated heterocycles. The van der Waals surface area contributed by atoms with Crippen LogP contribution in [0.5, 0.6) is 0 Å². The van der Waals surface area contributed by atoms with E-state index in [0.717, 1.165) is 24.1 Å². The number of halogens is 2. The molecule has 1 aromatic heterocycles. The summed E-state index contributed by atoms with van der Waals surface area (Å²) in [5.74, 6) is 1.13. The second-order valence-corrected chi connectivity index (χ2v) is 5.17. The second kappa shape index (κ2) is 5.92. The highest BCUT2D eigenvalue weighted by atomic mass is 35.5. The average Bonchev–Trinajstić information content (AvgIpc) is 2.26. The van der Waals surface area contributed by atoms with Gasteiger partial charge in [0.2, 0.25) is 0 Å². The molecule has 1 aromatic rings. The van der Waals surface area contributed by atoms with E-state index in [9.17, 15) is 4.79 Å². The number of aryl methyl sites for hydroxylation is 2. The van der Waals surface area contributed by atoms with Crippen molar-refractivity contribution in [2.45, 2.75) is 39.7 Å². The van der Waals surface area contributed by atoms with Crippen LogP contribution < -0.4 is 5.56 Å². The van der Waals surface area contributed by atoms with E-state index >= 15 is 0 Å². The highest BCUT2D eigenvalue weighted by Crippen LogP contribution is 2.19. The molecular formula is C13H19Cl2NO. The molecule has 0 bridgehead atoms. The maximum Gasteiger partial charge on any atom is 0.254 e. The van der Waals surface area contributed by atoms with Crippen LogP contribution in [-0.2, 0) is 19.4 Å². The fourth-order valence-electron chi connectivity index (χ4n) is 2.48. The van der Waals surface area contributed by atoms with Crippen molar-refractivity contribution in [3.63, 3.8) is 0 Å². The first-order chi connectivity index (χ1) is 7.63. The van der Waals surface area contributed by atoms with Gasteiger partial charge in [-0.05, 0) is 43.7 Å². The van der Waals surface area contributed by atoms with Crippen molar-refractivity contribution in [3.05, 3.63) is 33.2 Å². The molecule has 1 unspecified atom stereocenters. The molecule has 0 aromatic carbocycles. The summed E-state index contributed by atoms with van der Waals surface area (Å²) in [4.78, 5) is 12.3. The zero-order chi connectivity index (χ0) is 11.7. The molecule has 0 fully saturated rings. The van der Waals surface area contributed by atoms with E-state index < -0.39 is 0 Å². The van der Waals surface area contributed by atoms with E-state index in [1.807, 2.05) is 11.5 Å². The number of hydrogen-bond acceptors (Lipinski definition) is 1. The van der Waals surface area contributed by atoms with Crippen LogP contribution in [0.2, 0.25) is 0 Å². The lowest BCUT2D eigenvalue weighted by atomic mass is 9.96. The zero-order valence-electron chi connectivity index (χ0n) is 10.3. The van der Waals surface area contributed by atoms with Crippen molar-refractivity contribution in [2.75, 3.05) is 5.88 Å². The van der Waals surface area contributed by atoms with Crippen LogP contribution >= 0.6 is 24.0 Å². The number of nitrogens with zero attached hydrogens (tertiary/aromatic N) is 1. The predicted molar refractivity (Wildman–Crippen MR) is 74.6 cm³/mol. The Hall–Kier alpha value is -0.470. The zero-order valence-corrected chi connectivity index (χ0v) is 11.9. The van der Waals surface area contributed by atoms with E-state index in [-0.39, 0.29) is 18.0 Å². The van der Waals surface area contributed by atoms with Crippen LogP contribution in [-0.4, -0.2) is 10.4 Å². The molecule has 1 atom stereocenters. The maximum atomic E-state index is 12.3. The van der Waals surface area contributed by atoms with Gasteiger partial charge in [0.15, 0.2) is 0 Å². The van der Waals surface area contributed by atoms with E-state index in [0.29, 0.717) is 18.2 Å².